The van der Waals surface area contributed by atoms with E-state index in [2.05, 4.69) is 4.98 Å². The monoisotopic (exact) mass is 288 g/mol. The molecule has 0 radical (unpaired) electrons. The first kappa shape index (κ1) is 14.0. The van der Waals surface area contributed by atoms with Crippen LogP contribution in [-0.4, -0.2) is 30.4 Å². The number of hydrogen-bond acceptors (Lipinski definition) is 5. The fraction of sp³-hybridized carbons (Fsp3) is 0.750. The molecule has 102 valence electrons. The van der Waals surface area contributed by atoms with E-state index in [-0.39, 0.29) is 11.3 Å². The number of sulfone groups is 1. The summed E-state index contributed by atoms with van der Waals surface area (Å²) in [5.74, 6) is 0.343. The molecule has 0 aliphatic carbocycles. The van der Waals surface area contributed by atoms with E-state index in [1.165, 1.54) is 0 Å². The first-order chi connectivity index (χ1) is 8.47. The van der Waals surface area contributed by atoms with Crippen molar-refractivity contribution in [1.29, 1.82) is 0 Å². The topological polar surface area (TPSA) is 73.1 Å². The predicted molar refractivity (Wildman–Crippen MR) is 74.6 cm³/mol. The number of hydrogen-bond donors (Lipinski definition) is 1. The maximum atomic E-state index is 11.9. The van der Waals surface area contributed by atoms with Gasteiger partial charge in [0.2, 0.25) is 0 Å². The Morgan fingerprint density at radius 2 is 2.33 bits per heavy atom. The fourth-order valence-corrected chi connectivity index (χ4v) is 5.18. The van der Waals surface area contributed by atoms with Crippen molar-refractivity contribution in [3.8, 4) is 0 Å². The van der Waals surface area contributed by atoms with Gasteiger partial charge in [-0.1, -0.05) is 6.42 Å². The zero-order valence-electron chi connectivity index (χ0n) is 10.6. The van der Waals surface area contributed by atoms with Gasteiger partial charge in [-0.3, -0.25) is 0 Å². The van der Waals surface area contributed by atoms with Crippen LogP contribution in [0.1, 0.15) is 36.9 Å². The van der Waals surface area contributed by atoms with Gasteiger partial charge in [-0.05, 0) is 19.8 Å². The van der Waals surface area contributed by atoms with Gasteiger partial charge in [0.1, 0.15) is 0 Å². The predicted octanol–water partition coefficient (Wildman–Crippen LogP) is 1.54. The lowest BCUT2D eigenvalue weighted by atomic mass is 10.1. The summed E-state index contributed by atoms with van der Waals surface area (Å²) in [6.07, 6.45) is 3.94. The van der Waals surface area contributed by atoms with Crippen molar-refractivity contribution in [3.63, 3.8) is 0 Å². The third-order valence-corrected chi connectivity index (χ3v) is 6.44. The standard InChI is InChI=1S/C12H20N2O2S2/c1-9(13)6-10-8-17-12(14-10)7-11-4-2-3-5-18(11,15)16/h8-9,11H,2-7,13H2,1H3. The molecule has 1 aliphatic rings. The van der Waals surface area contributed by atoms with E-state index in [1.54, 1.807) is 11.3 Å². The Morgan fingerprint density at radius 3 is 3.00 bits per heavy atom. The Bertz CT molecular complexity index is 494. The molecule has 1 saturated heterocycles. The van der Waals surface area contributed by atoms with Gasteiger partial charge >= 0.3 is 0 Å². The smallest absolute Gasteiger partial charge is 0.153 e. The maximum Gasteiger partial charge on any atom is 0.153 e. The molecule has 2 rings (SSSR count). The van der Waals surface area contributed by atoms with Crippen molar-refractivity contribution in [2.24, 2.45) is 5.73 Å². The molecular weight excluding hydrogens is 268 g/mol. The molecule has 0 bridgehead atoms. The SMILES string of the molecule is CC(N)Cc1csc(CC2CCCCS2(=O)=O)n1. The second kappa shape index (κ2) is 5.67. The summed E-state index contributed by atoms with van der Waals surface area (Å²) in [4.78, 5) is 4.48. The van der Waals surface area contributed by atoms with Crippen LogP contribution in [0.4, 0.5) is 0 Å². The first-order valence-electron chi connectivity index (χ1n) is 6.38. The highest BCUT2D eigenvalue weighted by molar-refractivity contribution is 7.92. The number of thiazole rings is 1. The van der Waals surface area contributed by atoms with Crippen LogP contribution >= 0.6 is 11.3 Å². The van der Waals surface area contributed by atoms with Crippen LogP contribution in [-0.2, 0) is 22.7 Å². The van der Waals surface area contributed by atoms with Crippen molar-refractivity contribution < 1.29 is 8.42 Å². The van der Waals surface area contributed by atoms with Crippen molar-refractivity contribution in [3.05, 3.63) is 16.1 Å². The molecule has 2 N–H and O–H groups in total. The van der Waals surface area contributed by atoms with Gasteiger partial charge in [-0.25, -0.2) is 13.4 Å². The summed E-state index contributed by atoms with van der Waals surface area (Å²) in [5, 5.41) is 2.70. The van der Waals surface area contributed by atoms with Gasteiger partial charge in [0, 0.05) is 24.3 Å². The van der Waals surface area contributed by atoms with Crippen LogP contribution in [0.3, 0.4) is 0 Å². The molecule has 4 nitrogen and oxygen atoms in total. The number of nitrogens with zero attached hydrogens (tertiary/aromatic N) is 1. The molecule has 0 aromatic carbocycles. The number of rotatable bonds is 4. The zero-order chi connectivity index (χ0) is 13.2. The quantitative estimate of drug-likeness (QED) is 0.912. The average Bonchev–Trinajstić information content (AvgIpc) is 2.68. The molecule has 2 unspecified atom stereocenters. The van der Waals surface area contributed by atoms with Crippen LogP contribution in [0.15, 0.2) is 5.38 Å². The first-order valence-corrected chi connectivity index (χ1v) is 8.97. The van der Waals surface area contributed by atoms with Gasteiger partial charge in [-0.2, -0.15) is 0 Å². The lowest BCUT2D eigenvalue weighted by Gasteiger charge is -2.21. The van der Waals surface area contributed by atoms with E-state index in [1.807, 2.05) is 12.3 Å². The van der Waals surface area contributed by atoms with E-state index in [0.29, 0.717) is 12.2 Å². The number of nitrogens with two attached hydrogens (primary N) is 1. The molecule has 2 heterocycles. The minimum atomic E-state index is -2.89. The van der Waals surface area contributed by atoms with E-state index in [4.69, 9.17) is 5.73 Å². The summed E-state index contributed by atoms with van der Waals surface area (Å²) in [7, 11) is -2.89. The summed E-state index contributed by atoms with van der Waals surface area (Å²) < 4.78 is 23.9. The molecule has 0 spiro atoms. The molecular formula is C12H20N2O2S2. The lowest BCUT2D eigenvalue weighted by Crippen LogP contribution is -2.30. The van der Waals surface area contributed by atoms with Crippen LogP contribution in [0.2, 0.25) is 0 Å². The lowest BCUT2D eigenvalue weighted by molar-refractivity contribution is 0.537. The van der Waals surface area contributed by atoms with Gasteiger partial charge in [0.25, 0.3) is 0 Å². The fourth-order valence-electron chi connectivity index (χ4n) is 2.31. The average molecular weight is 288 g/mol. The highest BCUT2D eigenvalue weighted by Gasteiger charge is 2.29. The van der Waals surface area contributed by atoms with Crippen molar-refractivity contribution in [2.45, 2.75) is 50.3 Å². The van der Waals surface area contributed by atoms with Gasteiger partial charge in [0.05, 0.1) is 21.7 Å². The van der Waals surface area contributed by atoms with Crippen molar-refractivity contribution >= 4 is 21.2 Å². The highest BCUT2D eigenvalue weighted by atomic mass is 32.2. The van der Waals surface area contributed by atoms with Crippen LogP contribution in [0.5, 0.6) is 0 Å². The Balaban J connectivity index is 2.02. The summed E-state index contributed by atoms with van der Waals surface area (Å²) in [5.41, 5.74) is 6.71. The Morgan fingerprint density at radius 1 is 1.56 bits per heavy atom. The van der Waals surface area contributed by atoms with Crippen molar-refractivity contribution in [2.75, 3.05) is 5.75 Å². The molecule has 18 heavy (non-hydrogen) atoms. The van der Waals surface area contributed by atoms with Crippen LogP contribution in [0, 0.1) is 0 Å². The zero-order valence-corrected chi connectivity index (χ0v) is 12.3. The Labute approximate surface area is 113 Å². The second-order valence-electron chi connectivity index (χ2n) is 5.10. The van der Waals surface area contributed by atoms with Crippen LogP contribution < -0.4 is 5.73 Å². The maximum absolute atomic E-state index is 11.9. The van der Waals surface area contributed by atoms with Crippen molar-refractivity contribution in [1.82, 2.24) is 4.98 Å². The minimum absolute atomic E-state index is 0.0957. The second-order valence-corrected chi connectivity index (χ2v) is 8.45. The minimum Gasteiger partial charge on any atom is -0.328 e. The largest absolute Gasteiger partial charge is 0.328 e. The van der Waals surface area contributed by atoms with Crippen LogP contribution in [0.25, 0.3) is 0 Å². The molecule has 0 saturated carbocycles. The molecule has 1 aromatic rings. The normalized spacial score (nSPS) is 24.9. The molecule has 1 aliphatic heterocycles. The van der Waals surface area contributed by atoms with Gasteiger partial charge < -0.3 is 5.73 Å². The summed E-state index contributed by atoms with van der Waals surface area (Å²) in [6, 6.07) is 0.0957. The summed E-state index contributed by atoms with van der Waals surface area (Å²) >= 11 is 1.55. The Kier molecular flexibility index (Phi) is 4.40. The summed E-state index contributed by atoms with van der Waals surface area (Å²) in [6.45, 7) is 1.95. The van der Waals surface area contributed by atoms with E-state index in [9.17, 15) is 8.42 Å². The molecule has 6 heteroatoms. The third kappa shape index (κ3) is 3.52. The Hall–Kier alpha value is -0.460. The molecule has 1 aromatic heterocycles. The van der Waals surface area contributed by atoms with Gasteiger partial charge in [0.15, 0.2) is 9.84 Å². The van der Waals surface area contributed by atoms with E-state index >= 15 is 0 Å². The van der Waals surface area contributed by atoms with Gasteiger partial charge in [-0.15, -0.1) is 11.3 Å². The molecule has 2 atom stereocenters. The number of aromatic nitrogens is 1. The van der Waals surface area contributed by atoms with E-state index < -0.39 is 9.84 Å². The molecule has 0 amide bonds. The third-order valence-electron chi connectivity index (χ3n) is 3.25. The van der Waals surface area contributed by atoms with E-state index in [0.717, 1.165) is 36.4 Å². The highest BCUT2D eigenvalue weighted by Crippen LogP contribution is 2.24. The molecule has 1 fully saturated rings.